The quantitative estimate of drug-likeness (QED) is 0.748. The number of carbonyl (C=O) groups excluding carboxylic acids is 1. The molecule has 1 amide bonds. The minimum atomic E-state index is -0.176. The van der Waals surface area contributed by atoms with E-state index < -0.39 is 0 Å². The van der Waals surface area contributed by atoms with Gasteiger partial charge in [-0.05, 0) is 38.8 Å². The van der Waals surface area contributed by atoms with Crippen LogP contribution in [0.2, 0.25) is 0 Å². The third-order valence-corrected chi connectivity index (χ3v) is 4.38. The van der Waals surface area contributed by atoms with Crippen LogP contribution in [0.1, 0.15) is 45.8 Å². The molecule has 128 valence electrons. The van der Waals surface area contributed by atoms with Gasteiger partial charge >= 0.3 is 0 Å². The molecular weight excluding hydrogens is 312 g/mol. The van der Waals surface area contributed by atoms with E-state index in [1.807, 2.05) is 37.3 Å². The maximum atomic E-state index is 12.9. The highest BCUT2D eigenvalue weighted by Gasteiger charge is 2.23. The number of aryl methyl sites for hydroxylation is 3. The topological polar surface area (TPSA) is 55.1 Å². The summed E-state index contributed by atoms with van der Waals surface area (Å²) in [5, 5.41) is 7.15. The molecule has 0 fully saturated rings. The molecule has 0 saturated heterocycles. The van der Waals surface area contributed by atoms with Crippen molar-refractivity contribution in [3.63, 3.8) is 0 Å². The van der Waals surface area contributed by atoms with Gasteiger partial charge in [-0.2, -0.15) is 0 Å². The Morgan fingerprint density at radius 2 is 1.80 bits per heavy atom. The molecule has 3 rings (SSSR count). The maximum absolute atomic E-state index is 12.9. The van der Waals surface area contributed by atoms with Gasteiger partial charge in [0.05, 0.1) is 6.04 Å². The van der Waals surface area contributed by atoms with Gasteiger partial charge in [0.2, 0.25) is 0 Å². The third kappa shape index (κ3) is 3.48. The number of aromatic nitrogens is 1. The molecule has 25 heavy (non-hydrogen) atoms. The zero-order chi connectivity index (χ0) is 18.0. The second kappa shape index (κ2) is 6.93. The van der Waals surface area contributed by atoms with Gasteiger partial charge in [-0.3, -0.25) is 4.79 Å². The van der Waals surface area contributed by atoms with Crippen LogP contribution in [-0.2, 0) is 0 Å². The first-order valence-corrected chi connectivity index (χ1v) is 8.37. The van der Waals surface area contributed by atoms with E-state index in [0.29, 0.717) is 17.0 Å². The van der Waals surface area contributed by atoms with Crippen LogP contribution in [0.3, 0.4) is 0 Å². The predicted octanol–water partition coefficient (Wildman–Crippen LogP) is 4.76. The van der Waals surface area contributed by atoms with Gasteiger partial charge < -0.3 is 9.84 Å². The Bertz CT molecular complexity index is 898. The average Bonchev–Trinajstić information content (AvgIpc) is 2.97. The fourth-order valence-electron chi connectivity index (χ4n) is 3.09. The minimum absolute atomic E-state index is 0.106. The van der Waals surface area contributed by atoms with Gasteiger partial charge in [-0.25, -0.2) is 0 Å². The van der Waals surface area contributed by atoms with Crippen molar-refractivity contribution in [1.82, 2.24) is 10.5 Å². The number of rotatable bonds is 4. The van der Waals surface area contributed by atoms with E-state index in [9.17, 15) is 4.79 Å². The highest BCUT2D eigenvalue weighted by atomic mass is 16.5. The Labute approximate surface area is 147 Å². The highest BCUT2D eigenvalue weighted by Crippen LogP contribution is 2.26. The summed E-state index contributed by atoms with van der Waals surface area (Å²) in [4.78, 5) is 12.9. The number of hydrogen-bond donors (Lipinski definition) is 1. The van der Waals surface area contributed by atoms with E-state index in [1.165, 1.54) is 5.56 Å². The summed E-state index contributed by atoms with van der Waals surface area (Å²) in [7, 11) is 0. The van der Waals surface area contributed by atoms with Crippen LogP contribution >= 0.6 is 0 Å². The Kier molecular flexibility index (Phi) is 4.70. The van der Waals surface area contributed by atoms with Gasteiger partial charge in [-0.15, -0.1) is 0 Å². The molecule has 4 heteroatoms. The molecular formula is C21H22N2O2. The lowest BCUT2D eigenvalue weighted by molar-refractivity contribution is 0.0939. The first-order chi connectivity index (χ1) is 12.0. The maximum Gasteiger partial charge on any atom is 0.257 e. The summed E-state index contributed by atoms with van der Waals surface area (Å²) >= 11 is 0. The van der Waals surface area contributed by atoms with Crippen LogP contribution in [0.5, 0.6) is 0 Å². The van der Waals surface area contributed by atoms with Crippen molar-refractivity contribution in [2.45, 2.75) is 33.7 Å². The van der Waals surface area contributed by atoms with Crippen LogP contribution in [0.15, 0.2) is 53.1 Å². The van der Waals surface area contributed by atoms with Crippen molar-refractivity contribution < 1.29 is 9.32 Å². The Hall–Kier alpha value is -2.88. The molecule has 3 aromatic rings. The lowest BCUT2D eigenvalue weighted by Crippen LogP contribution is -2.27. The van der Waals surface area contributed by atoms with Crippen molar-refractivity contribution in [3.8, 4) is 11.3 Å². The molecule has 0 unspecified atom stereocenters. The number of benzene rings is 2. The SMILES string of the molecule is Cc1ccc([C@@H](C)NC(=O)c2c(-c3ccccc3)noc2C)c(C)c1. The van der Waals surface area contributed by atoms with Crippen LogP contribution in [0.4, 0.5) is 0 Å². The standard InChI is InChI=1S/C21H22N2O2/c1-13-10-11-18(14(2)12-13)15(3)22-21(24)19-16(4)25-23-20(19)17-8-6-5-7-9-17/h5-12,15H,1-4H3,(H,22,24)/t15-/m1/s1. The Balaban J connectivity index is 1.88. The fraction of sp³-hybridized carbons (Fsp3) is 0.238. The Morgan fingerprint density at radius 3 is 2.48 bits per heavy atom. The van der Waals surface area contributed by atoms with Gasteiger partial charge in [-0.1, -0.05) is 59.3 Å². The van der Waals surface area contributed by atoms with Gasteiger partial charge in [0, 0.05) is 5.56 Å². The van der Waals surface area contributed by atoms with E-state index in [1.54, 1.807) is 6.92 Å². The Morgan fingerprint density at radius 1 is 1.08 bits per heavy atom. The molecule has 0 saturated carbocycles. The van der Waals surface area contributed by atoms with Gasteiger partial charge in [0.15, 0.2) is 0 Å². The third-order valence-electron chi connectivity index (χ3n) is 4.38. The summed E-state index contributed by atoms with van der Waals surface area (Å²) in [6.45, 7) is 7.87. The van der Waals surface area contributed by atoms with Gasteiger partial charge in [0.25, 0.3) is 5.91 Å². The zero-order valence-corrected chi connectivity index (χ0v) is 15.0. The average molecular weight is 334 g/mol. The molecule has 0 aliphatic carbocycles. The second-order valence-corrected chi connectivity index (χ2v) is 6.38. The van der Waals surface area contributed by atoms with E-state index in [4.69, 9.17) is 4.52 Å². The molecule has 1 heterocycles. The van der Waals surface area contributed by atoms with Crippen LogP contribution in [0.25, 0.3) is 11.3 Å². The molecule has 0 aliphatic heterocycles. The number of carbonyl (C=O) groups is 1. The molecule has 4 nitrogen and oxygen atoms in total. The normalized spacial score (nSPS) is 12.0. The van der Waals surface area contributed by atoms with E-state index in [-0.39, 0.29) is 11.9 Å². The predicted molar refractivity (Wildman–Crippen MR) is 98.5 cm³/mol. The second-order valence-electron chi connectivity index (χ2n) is 6.38. The number of nitrogens with zero attached hydrogens (tertiary/aromatic N) is 1. The lowest BCUT2D eigenvalue weighted by atomic mass is 9.99. The fourth-order valence-corrected chi connectivity index (χ4v) is 3.09. The molecule has 1 N–H and O–H groups in total. The van der Waals surface area contributed by atoms with Crippen LogP contribution in [-0.4, -0.2) is 11.1 Å². The van der Waals surface area contributed by atoms with Crippen molar-refractivity contribution in [3.05, 3.63) is 76.5 Å². The molecule has 0 spiro atoms. The highest BCUT2D eigenvalue weighted by molar-refractivity contribution is 6.01. The summed E-state index contributed by atoms with van der Waals surface area (Å²) in [6, 6.07) is 15.7. The van der Waals surface area contributed by atoms with Crippen LogP contribution in [0, 0.1) is 20.8 Å². The minimum Gasteiger partial charge on any atom is -0.360 e. The van der Waals surface area contributed by atoms with E-state index >= 15 is 0 Å². The molecule has 0 bridgehead atoms. The van der Waals surface area contributed by atoms with Crippen LogP contribution < -0.4 is 5.32 Å². The van der Waals surface area contributed by atoms with Crippen molar-refractivity contribution in [2.24, 2.45) is 0 Å². The molecule has 0 radical (unpaired) electrons. The number of hydrogen-bond acceptors (Lipinski definition) is 3. The summed E-state index contributed by atoms with van der Waals surface area (Å²) in [5.41, 5.74) is 5.41. The van der Waals surface area contributed by atoms with Crippen molar-refractivity contribution in [1.29, 1.82) is 0 Å². The smallest absolute Gasteiger partial charge is 0.257 e. The van der Waals surface area contributed by atoms with Crippen molar-refractivity contribution in [2.75, 3.05) is 0 Å². The summed E-state index contributed by atoms with van der Waals surface area (Å²) < 4.78 is 5.29. The molecule has 1 aromatic heterocycles. The van der Waals surface area contributed by atoms with E-state index in [2.05, 4.69) is 42.5 Å². The van der Waals surface area contributed by atoms with Gasteiger partial charge in [0.1, 0.15) is 17.0 Å². The zero-order valence-electron chi connectivity index (χ0n) is 15.0. The molecule has 1 atom stereocenters. The number of nitrogens with one attached hydrogen (secondary N) is 1. The van der Waals surface area contributed by atoms with Crippen molar-refractivity contribution >= 4 is 5.91 Å². The number of amides is 1. The first-order valence-electron chi connectivity index (χ1n) is 8.37. The molecule has 0 aliphatic rings. The first kappa shape index (κ1) is 17.0. The largest absolute Gasteiger partial charge is 0.360 e. The lowest BCUT2D eigenvalue weighted by Gasteiger charge is -2.17. The monoisotopic (exact) mass is 334 g/mol. The summed E-state index contributed by atoms with van der Waals surface area (Å²) in [5.74, 6) is 0.342. The molecule has 2 aromatic carbocycles. The van der Waals surface area contributed by atoms with E-state index in [0.717, 1.165) is 16.7 Å². The summed E-state index contributed by atoms with van der Waals surface area (Å²) in [6.07, 6.45) is 0.